The van der Waals surface area contributed by atoms with E-state index >= 15 is 0 Å². The van der Waals surface area contributed by atoms with Crippen LogP contribution in [0, 0.1) is 0 Å². The van der Waals surface area contributed by atoms with Crippen LogP contribution in [-0.2, 0) is 0 Å². The fourth-order valence-corrected chi connectivity index (χ4v) is 1.79. The van der Waals surface area contributed by atoms with Crippen molar-refractivity contribution in [3.63, 3.8) is 0 Å². The highest BCUT2D eigenvalue weighted by molar-refractivity contribution is 5.10. The van der Waals surface area contributed by atoms with Crippen molar-refractivity contribution < 1.29 is 0 Å². The Hall–Kier alpha value is -0.520. The summed E-state index contributed by atoms with van der Waals surface area (Å²) in [5, 5.41) is 0. The Balaban J connectivity index is 2.34. The lowest BCUT2D eigenvalue weighted by atomic mass is 10.0. The van der Waals surface area contributed by atoms with E-state index in [0.29, 0.717) is 0 Å². The van der Waals surface area contributed by atoms with Gasteiger partial charge >= 0.3 is 0 Å². The first-order chi connectivity index (χ1) is 6.39. The van der Waals surface area contributed by atoms with Gasteiger partial charge in [0, 0.05) is 0 Å². The Morgan fingerprint density at radius 1 is 0.923 bits per heavy atom. The molecule has 74 valence electrons. The topological polar surface area (TPSA) is 0 Å². The fourth-order valence-electron chi connectivity index (χ4n) is 1.79. The molecule has 0 bridgehead atoms. The van der Waals surface area contributed by atoms with Crippen molar-refractivity contribution in [2.75, 3.05) is 0 Å². The molecule has 0 saturated heterocycles. The van der Waals surface area contributed by atoms with E-state index in [4.69, 9.17) is 0 Å². The minimum atomic E-state index is 1.27. The van der Waals surface area contributed by atoms with Crippen LogP contribution in [0.4, 0.5) is 0 Å². The van der Waals surface area contributed by atoms with Crippen molar-refractivity contribution in [3.05, 3.63) is 23.8 Å². The summed E-state index contributed by atoms with van der Waals surface area (Å²) in [6.07, 6.45) is 17.9. The van der Waals surface area contributed by atoms with Crippen LogP contribution in [0.2, 0.25) is 0 Å². The SMILES string of the molecule is C/C1=C/C=C/CCCCCCCC1. The van der Waals surface area contributed by atoms with Gasteiger partial charge < -0.3 is 0 Å². The average molecular weight is 178 g/mol. The van der Waals surface area contributed by atoms with E-state index in [1.807, 2.05) is 0 Å². The summed E-state index contributed by atoms with van der Waals surface area (Å²) in [5.41, 5.74) is 1.54. The van der Waals surface area contributed by atoms with Gasteiger partial charge in [0.2, 0.25) is 0 Å². The summed E-state index contributed by atoms with van der Waals surface area (Å²) >= 11 is 0. The minimum absolute atomic E-state index is 1.27. The smallest absolute Gasteiger partial charge is 0.0320 e. The predicted molar refractivity (Wildman–Crippen MR) is 59.8 cm³/mol. The van der Waals surface area contributed by atoms with Crippen molar-refractivity contribution in [1.29, 1.82) is 0 Å². The van der Waals surface area contributed by atoms with Gasteiger partial charge in [-0.25, -0.2) is 0 Å². The minimum Gasteiger partial charge on any atom is -0.0845 e. The first kappa shape index (κ1) is 10.6. The lowest BCUT2D eigenvalue weighted by molar-refractivity contribution is 0.595. The standard InChI is InChI=1S/C13H22/c1-13-11-9-7-5-3-2-4-6-8-10-12-13/h7,9,11H,2-6,8,10,12H2,1H3/b9-7+,13-11-. The van der Waals surface area contributed by atoms with Gasteiger partial charge in [-0.3, -0.25) is 0 Å². The van der Waals surface area contributed by atoms with Gasteiger partial charge in [0.1, 0.15) is 0 Å². The molecular weight excluding hydrogens is 156 g/mol. The molecular formula is C13H22. The molecule has 0 N–H and O–H groups in total. The second-order valence-electron chi connectivity index (χ2n) is 4.10. The molecule has 0 radical (unpaired) electrons. The van der Waals surface area contributed by atoms with Crippen LogP contribution in [0.15, 0.2) is 23.8 Å². The van der Waals surface area contributed by atoms with Crippen LogP contribution in [0.3, 0.4) is 0 Å². The Kier molecular flexibility index (Phi) is 5.64. The van der Waals surface area contributed by atoms with Crippen molar-refractivity contribution in [3.8, 4) is 0 Å². The molecule has 0 unspecified atom stereocenters. The van der Waals surface area contributed by atoms with Crippen LogP contribution in [-0.4, -0.2) is 0 Å². The van der Waals surface area contributed by atoms with E-state index in [1.165, 1.54) is 56.9 Å². The third-order valence-electron chi connectivity index (χ3n) is 2.71. The maximum atomic E-state index is 2.31. The quantitative estimate of drug-likeness (QED) is 0.507. The molecule has 0 saturated carbocycles. The Morgan fingerprint density at radius 2 is 1.62 bits per heavy atom. The first-order valence-corrected chi connectivity index (χ1v) is 5.72. The van der Waals surface area contributed by atoms with Gasteiger partial charge in [0.25, 0.3) is 0 Å². The second kappa shape index (κ2) is 6.94. The fraction of sp³-hybridized carbons (Fsp3) is 0.692. The summed E-state index contributed by atoms with van der Waals surface area (Å²) in [6, 6.07) is 0. The Labute approximate surface area is 82.7 Å². The zero-order chi connectivity index (χ0) is 9.36. The molecule has 1 rings (SSSR count). The Bertz CT molecular complexity index is 174. The van der Waals surface area contributed by atoms with E-state index in [2.05, 4.69) is 25.2 Å². The zero-order valence-electron chi connectivity index (χ0n) is 8.89. The van der Waals surface area contributed by atoms with Crippen LogP contribution in [0.25, 0.3) is 0 Å². The maximum absolute atomic E-state index is 2.31. The Morgan fingerprint density at radius 3 is 2.46 bits per heavy atom. The normalized spacial score (nSPS) is 27.9. The molecule has 0 aliphatic heterocycles. The van der Waals surface area contributed by atoms with Crippen molar-refractivity contribution in [2.24, 2.45) is 0 Å². The lowest BCUT2D eigenvalue weighted by Crippen LogP contribution is -1.83. The lowest BCUT2D eigenvalue weighted by Gasteiger charge is -2.03. The molecule has 0 nitrogen and oxygen atoms in total. The van der Waals surface area contributed by atoms with Crippen LogP contribution in [0.5, 0.6) is 0 Å². The number of hydrogen-bond donors (Lipinski definition) is 0. The van der Waals surface area contributed by atoms with Crippen LogP contribution < -0.4 is 0 Å². The molecule has 0 aromatic rings. The molecule has 13 heavy (non-hydrogen) atoms. The van der Waals surface area contributed by atoms with Crippen molar-refractivity contribution >= 4 is 0 Å². The van der Waals surface area contributed by atoms with E-state index < -0.39 is 0 Å². The molecule has 0 aromatic carbocycles. The third kappa shape index (κ3) is 5.68. The van der Waals surface area contributed by atoms with Crippen LogP contribution in [0.1, 0.15) is 58.3 Å². The summed E-state index contributed by atoms with van der Waals surface area (Å²) in [6.45, 7) is 2.25. The molecule has 0 aromatic heterocycles. The van der Waals surface area contributed by atoms with Crippen molar-refractivity contribution in [1.82, 2.24) is 0 Å². The molecule has 0 amide bonds. The monoisotopic (exact) mass is 178 g/mol. The largest absolute Gasteiger partial charge is 0.0845 e. The predicted octanol–water partition coefficient (Wildman–Crippen LogP) is 4.62. The van der Waals surface area contributed by atoms with E-state index in [-0.39, 0.29) is 0 Å². The van der Waals surface area contributed by atoms with Gasteiger partial charge in [-0.05, 0) is 32.6 Å². The molecule has 1 aliphatic carbocycles. The molecule has 0 heteroatoms. The van der Waals surface area contributed by atoms with E-state index in [9.17, 15) is 0 Å². The summed E-state index contributed by atoms with van der Waals surface area (Å²) in [7, 11) is 0. The highest BCUT2D eigenvalue weighted by Crippen LogP contribution is 2.13. The number of hydrogen-bond acceptors (Lipinski definition) is 0. The molecule has 1 aliphatic rings. The van der Waals surface area contributed by atoms with Gasteiger partial charge in [-0.15, -0.1) is 0 Å². The average Bonchev–Trinajstić information content (AvgIpc) is 2.11. The zero-order valence-corrected chi connectivity index (χ0v) is 8.89. The first-order valence-electron chi connectivity index (χ1n) is 5.72. The molecule has 0 heterocycles. The van der Waals surface area contributed by atoms with E-state index in [0.717, 1.165) is 0 Å². The van der Waals surface area contributed by atoms with Gasteiger partial charge in [-0.1, -0.05) is 49.5 Å². The molecule has 0 fully saturated rings. The summed E-state index contributed by atoms with van der Waals surface area (Å²) < 4.78 is 0. The summed E-state index contributed by atoms with van der Waals surface area (Å²) in [4.78, 5) is 0. The van der Waals surface area contributed by atoms with Gasteiger partial charge in [0.15, 0.2) is 0 Å². The molecule has 0 atom stereocenters. The highest BCUT2D eigenvalue weighted by atomic mass is 14.0. The maximum Gasteiger partial charge on any atom is -0.0320 e. The van der Waals surface area contributed by atoms with Gasteiger partial charge in [0.05, 0.1) is 0 Å². The third-order valence-corrected chi connectivity index (χ3v) is 2.71. The van der Waals surface area contributed by atoms with Crippen LogP contribution >= 0.6 is 0 Å². The number of rotatable bonds is 0. The van der Waals surface area contributed by atoms with Crippen molar-refractivity contribution in [2.45, 2.75) is 58.3 Å². The van der Waals surface area contributed by atoms with Gasteiger partial charge in [-0.2, -0.15) is 0 Å². The number of allylic oxidation sites excluding steroid dienone is 4. The van der Waals surface area contributed by atoms with E-state index in [1.54, 1.807) is 0 Å². The summed E-state index contributed by atoms with van der Waals surface area (Å²) in [5.74, 6) is 0. The molecule has 0 spiro atoms. The second-order valence-corrected chi connectivity index (χ2v) is 4.10. The highest BCUT2D eigenvalue weighted by Gasteiger charge is 1.93.